The number of hydrogen-bond acceptors (Lipinski definition) is 2. The van der Waals surface area contributed by atoms with Crippen LogP contribution in [0.25, 0.3) is 0 Å². The standard InChI is InChI=1S/C11H20N2/c1-3-6-12-9-11-5-4-7-13(11)8-10(12)2/h3,10-11H,1,4-9H2,2H3. The highest BCUT2D eigenvalue weighted by atomic mass is 15.3. The zero-order valence-corrected chi connectivity index (χ0v) is 8.58. The quantitative estimate of drug-likeness (QED) is 0.592. The fourth-order valence-corrected chi connectivity index (χ4v) is 2.67. The lowest BCUT2D eigenvalue weighted by Crippen LogP contribution is -2.54. The molecule has 0 bridgehead atoms. The molecule has 0 aromatic rings. The number of piperazine rings is 1. The summed E-state index contributed by atoms with van der Waals surface area (Å²) in [5, 5.41) is 0. The highest BCUT2D eigenvalue weighted by Crippen LogP contribution is 2.24. The van der Waals surface area contributed by atoms with Gasteiger partial charge in [-0.1, -0.05) is 6.08 Å². The highest BCUT2D eigenvalue weighted by Gasteiger charge is 2.33. The second-order valence-corrected chi connectivity index (χ2v) is 4.38. The summed E-state index contributed by atoms with van der Waals surface area (Å²) in [5.41, 5.74) is 0. The van der Waals surface area contributed by atoms with Crippen LogP contribution in [0.3, 0.4) is 0 Å². The fraction of sp³-hybridized carbons (Fsp3) is 0.818. The van der Waals surface area contributed by atoms with Crippen molar-refractivity contribution in [1.82, 2.24) is 9.80 Å². The summed E-state index contributed by atoms with van der Waals surface area (Å²) in [6.45, 7) is 11.1. The molecular formula is C11H20N2. The Morgan fingerprint density at radius 2 is 2.31 bits per heavy atom. The molecule has 2 unspecified atom stereocenters. The van der Waals surface area contributed by atoms with E-state index >= 15 is 0 Å². The second kappa shape index (κ2) is 3.81. The maximum atomic E-state index is 3.82. The molecule has 2 atom stereocenters. The molecule has 2 saturated heterocycles. The van der Waals surface area contributed by atoms with Crippen molar-refractivity contribution < 1.29 is 0 Å². The monoisotopic (exact) mass is 180 g/mol. The smallest absolute Gasteiger partial charge is 0.0224 e. The summed E-state index contributed by atoms with van der Waals surface area (Å²) < 4.78 is 0. The summed E-state index contributed by atoms with van der Waals surface area (Å²) in [4.78, 5) is 5.21. The first kappa shape index (κ1) is 9.22. The van der Waals surface area contributed by atoms with Gasteiger partial charge in [0.05, 0.1) is 0 Å². The summed E-state index contributed by atoms with van der Waals surface area (Å²) in [6, 6.07) is 1.56. The van der Waals surface area contributed by atoms with Crippen molar-refractivity contribution in [3.63, 3.8) is 0 Å². The van der Waals surface area contributed by atoms with Crippen LogP contribution >= 0.6 is 0 Å². The van der Waals surface area contributed by atoms with Crippen molar-refractivity contribution >= 4 is 0 Å². The molecule has 0 aromatic heterocycles. The lowest BCUT2D eigenvalue weighted by molar-refractivity contribution is 0.0685. The van der Waals surface area contributed by atoms with Crippen molar-refractivity contribution in [2.75, 3.05) is 26.2 Å². The van der Waals surface area contributed by atoms with E-state index in [9.17, 15) is 0 Å². The lowest BCUT2D eigenvalue weighted by atomic mass is 10.1. The van der Waals surface area contributed by atoms with Gasteiger partial charge in [0.15, 0.2) is 0 Å². The van der Waals surface area contributed by atoms with Crippen molar-refractivity contribution in [3.05, 3.63) is 12.7 Å². The average molecular weight is 180 g/mol. The summed E-state index contributed by atoms with van der Waals surface area (Å²) in [7, 11) is 0. The van der Waals surface area contributed by atoms with E-state index in [1.165, 1.54) is 32.5 Å². The molecular weight excluding hydrogens is 160 g/mol. The molecule has 0 amide bonds. The molecule has 2 fully saturated rings. The first-order valence-electron chi connectivity index (χ1n) is 5.40. The Bertz CT molecular complexity index is 191. The van der Waals surface area contributed by atoms with Crippen LogP contribution in [-0.4, -0.2) is 48.1 Å². The molecule has 0 aliphatic carbocycles. The van der Waals surface area contributed by atoms with E-state index in [2.05, 4.69) is 23.3 Å². The molecule has 0 N–H and O–H groups in total. The van der Waals surface area contributed by atoms with Gasteiger partial charge in [-0.2, -0.15) is 0 Å². The Labute approximate surface area is 81.2 Å². The Balaban J connectivity index is 1.96. The molecule has 2 aliphatic rings. The third kappa shape index (κ3) is 1.79. The Kier molecular flexibility index (Phi) is 2.70. The molecule has 74 valence electrons. The predicted octanol–water partition coefficient (Wildman–Crippen LogP) is 1.34. The normalized spacial score (nSPS) is 36.1. The van der Waals surface area contributed by atoms with Crippen LogP contribution in [0, 0.1) is 0 Å². The average Bonchev–Trinajstić information content (AvgIpc) is 2.52. The maximum absolute atomic E-state index is 3.82. The fourth-order valence-electron chi connectivity index (χ4n) is 2.67. The van der Waals surface area contributed by atoms with Gasteiger partial charge in [0.2, 0.25) is 0 Å². The van der Waals surface area contributed by atoms with E-state index in [0.717, 1.165) is 12.6 Å². The minimum atomic E-state index is 0.715. The van der Waals surface area contributed by atoms with Crippen LogP contribution in [0.1, 0.15) is 19.8 Å². The predicted molar refractivity (Wildman–Crippen MR) is 55.8 cm³/mol. The molecule has 2 heterocycles. The number of hydrogen-bond donors (Lipinski definition) is 0. The topological polar surface area (TPSA) is 6.48 Å². The van der Waals surface area contributed by atoms with Crippen LogP contribution in [0.15, 0.2) is 12.7 Å². The van der Waals surface area contributed by atoms with Crippen LogP contribution in [-0.2, 0) is 0 Å². The van der Waals surface area contributed by atoms with Crippen LogP contribution in [0.2, 0.25) is 0 Å². The first-order valence-corrected chi connectivity index (χ1v) is 5.40. The molecule has 2 aliphatic heterocycles. The summed E-state index contributed by atoms with van der Waals surface area (Å²) >= 11 is 0. The van der Waals surface area contributed by atoms with Crippen molar-refractivity contribution in [2.24, 2.45) is 0 Å². The van der Waals surface area contributed by atoms with Gasteiger partial charge in [-0.05, 0) is 26.3 Å². The molecule has 0 radical (unpaired) electrons. The third-order valence-corrected chi connectivity index (χ3v) is 3.43. The van der Waals surface area contributed by atoms with E-state index in [1.807, 2.05) is 6.08 Å². The van der Waals surface area contributed by atoms with Crippen LogP contribution in [0.4, 0.5) is 0 Å². The van der Waals surface area contributed by atoms with Crippen LogP contribution < -0.4 is 0 Å². The largest absolute Gasteiger partial charge is 0.298 e. The van der Waals surface area contributed by atoms with E-state index in [-0.39, 0.29) is 0 Å². The van der Waals surface area contributed by atoms with Gasteiger partial charge in [0.25, 0.3) is 0 Å². The Morgan fingerprint density at radius 1 is 1.46 bits per heavy atom. The molecule has 0 saturated carbocycles. The Hall–Kier alpha value is -0.340. The van der Waals surface area contributed by atoms with Gasteiger partial charge in [-0.3, -0.25) is 9.80 Å². The van der Waals surface area contributed by atoms with Gasteiger partial charge >= 0.3 is 0 Å². The lowest BCUT2D eigenvalue weighted by Gasteiger charge is -2.41. The van der Waals surface area contributed by atoms with Crippen molar-refractivity contribution in [3.8, 4) is 0 Å². The van der Waals surface area contributed by atoms with E-state index < -0.39 is 0 Å². The SMILES string of the molecule is C=CCN1CC2CCCN2CC1C. The zero-order chi connectivity index (χ0) is 9.26. The molecule has 0 spiro atoms. The van der Waals surface area contributed by atoms with Crippen molar-refractivity contribution in [1.29, 1.82) is 0 Å². The maximum Gasteiger partial charge on any atom is 0.0224 e. The van der Waals surface area contributed by atoms with Gasteiger partial charge < -0.3 is 0 Å². The summed E-state index contributed by atoms with van der Waals surface area (Å²) in [6.07, 6.45) is 4.83. The molecule has 2 rings (SSSR count). The number of nitrogens with zero attached hydrogens (tertiary/aromatic N) is 2. The third-order valence-electron chi connectivity index (χ3n) is 3.43. The highest BCUT2D eigenvalue weighted by molar-refractivity contribution is 4.92. The van der Waals surface area contributed by atoms with Gasteiger partial charge in [0, 0.05) is 31.7 Å². The minimum absolute atomic E-state index is 0.715. The minimum Gasteiger partial charge on any atom is -0.298 e. The van der Waals surface area contributed by atoms with Gasteiger partial charge in [-0.25, -0.2) is 0 Å². The first-order chi connectivity index (χ1) is 6.31. The van der Waals surface area contributed by atoms with Crippen molar-refractivity contribution in [2.45, 2.75) is 31.8 Å². The molecule has 2 heteroatoms. The molecule has 0 aromatic carbocycles. The van der Waals surface area contributed by atoms with E-state index in [0.29, 0.717) is 6.04 Å². The van der Waals surface area contributed by atoms with E-state index in [4.69, 9.17) is 0 Å². The Morgan fingerprint density at radius 3 is 3.08 bits per heavy atom. The second-order valence-electron chi connectivity index (χ2n) is 4.38. The zero-order valence-electron chi connectivity index (χ0n) is 8.58. The van der Waals surface area contributed by atoms with E-state index in [1.54, 1.807) is 0 Å². The number of fused-ring (bicyclic) bond motifs is 1. The molecule has 13 heavy (non-hydrogen) atoms. The van der Waals surface area contributed by atoms with Gasteiger partial charge in [-0.15, -0.1) is 6.58 Å². The summed E-state index contributed by atoms with van der Waals surface area (Å²) in [5.74, 6) is 0. The van der Waals surface area contributed by atoms with Gasteiger partial charge in [0.1, 0.15) is 0 Å². The van der Waals surface area contributed by atoms with Crippen LogP contribution in [0.5, 0.6) is 0 Å². The number of rotatable bonds is 2. The molecule has 2 nitrogen and oxygen atoms in total.